The Morgan fingerprint density at radius 3 is 2.92 bits per heavy atom. The molecule has 4 rings (SSSR count). The van der Waals surface area contributed by atoms with Crippen molar-refractivity contribution in [1.29, 1.82) is 0 Å². The van der Waals surface area contributed by atoms with Crippen LogP contribution in [0.1, 0.15) is 17.7 Å². The molecule has 0 unspecified atom stereocenters. The van der Waals surface area contributed by atoms with E-state index in [-0.39, 0.29) is 12.5 Å². The van der Waals surface area contributed by atoms with Gasteiger partial charge in [-0.15, -0.1) is 5.10 Å². The summed E-state index contributed by atoms with van der Waals surface area (Å²) in [6, 6.07) is 4.12. The van der Waals surface area contributed by atoms with E-state index >= 15 is 0 Å². The Labute approximate surface area is 151 Å². The number of imidazole rings is 1. The summed E-state index contributed by atoms with van der Waals surface area (Å²) in [7, 11) is 0. The van der Waals surface area contributed by atoms with Gasteiger partial charge < -0.3 is 9.30 Å². The molecule has 0 bridgehead atoms. The molecule has 3 aromatic rings. The average Bonchev–Trinajstić information content (AvgIpc) is 3.19. The number of hydrogen-bond acceptors (Lipinski definition) is 6. The van der Waals surface area contributed by atoms with E-state index in [0.29, 0.717) is 6.54 Å². The van der Waals surface area contributed by atoms with Gasteiger partial charge in [-0.1, -0.05) is 6.07 Å². The highest BCUT2D eigenvalue weighted by Crippen LogP contribution is 2.12. The van der Waals surface area contributed by atoms with E-state index in [0.717, 1.165) is 43.9 Å². The van der Waals surface area contributed by atoms with Crippen molar-refractivity contribution in [3.05, 3.63) is 42.1 Å². The highest BCUT2D eigenvalue weighted by atomic mass is 16.2. The number of fused-ring (bicyclic) bond motifs is 1. The summed E-state index contributed by atoms with van der Waals surface area (Å²) in [5.74, 6) is 0.0577. The quantitative estimate of drug-likeness (QED) is 0.673. The van der Waals surface area contributed by atoms with Gasteiger partial charge in [0.15, 0.2) is 0 Å². The van der Waals surface area contributed by atoms with E-state index in [1.807, 2.05) is 11.0 Å². The van der Waals surface area contributed by atoms with Crippen molar-refractivity contribution in [2.24, 2.45) is 0 Å². The van der Waals surface area contributed by atoms with Gasteiger partial charge >= 0.3 is 0 Å². The van der Waals surface area contributed by atoms with Gasteiger partial charge in [-0.05, 0) is 35.4 Å². The zero-order valence-electron chi connectivity index (χ0n) is 14.8. The lowest BCUT2D eigenvalue weighted by atomic mass is 10.3. The van der Waals surface area contributed by atoms with Crippen LogP contribution < -0.4 is 0 Å². The first-order chi connectivity index (χ1) is 12.7. The number of rotatable bonds is 4. The molecular weight excluding hydrogens is 332 g/mol. The second-order valence-corrected chi connectivity index (χ2v) is 6.72. The van der Waals surface area contributed by atoms with Crippen LogP contribution in [0.25, 0.3) is 5.65 Å². The molecule has 0 aromatic carbocycles. The lowest BCUT2D eigenvalue weighted by Crippen LogP contribution is -2.37. The largest absolute Gasteiger partial charge is 0.340 e. The summed E-state index contributed by atoms with van der Waals surface area (Å²) in [5.41, 5.74) is 3.25. The Kier molecular flexibility index (Phi) is 4.61. The minimum absolute atomic E-state index is 0.0577. The van der Waals surface area contributed by atoms with Crippen LogP contribution in [-0.2, 0) is 17.9 Å². The molecular formula is C17H22N8O. The summed E-state index contributed by atoms with van der Waals surface area (Å²) >= 11 is 0. The van der Waals surface area contributed by atoms with Crippen molar-refractivity contribution in [2.75, 3.05) is 26.2 Å². The zero-order chi connectivity index (χ0) is 17.9. The first-order valence-corrected chi connectivity index (χ1v) is 8.82. The third kappa shape index (κ3) is 3.72. The van der Waals surface area contributed by atoms with E-state index in [4.69, 9.17) is 4.98 Å². The lowest BCUT2D eigenvalue weighted by molar-refractivity contribution is -0.131. The molecule has 9 heteroatoms. The molecule has 0 saturated carbocycles. The molecule has 0 radical (unpaired) electrons. The van der Waals surface area contributed by atoms with Crippen molar-refractivity contribution in [3.8, 4) is 0 Å². The Balaban J connectivity index is 1.36. The number of amides is 1. The Morgan fingerprint density at radius 2 is 2.08 bits per heavy atom. The number of carbonyl (C=O) groups excluding carboxylic acids is 1. The second-order valence-electron chi connectivity index (χ2n) is 6.72. The summed E-state index contributed by atoms with van der Waals surface area (Å²) in [4.78, 5) is 21.4. The van der Waals surface area contributed by atoms with Gasteiger partial charge in [0.2, 0.25) is 5.91 Å². The normalized spacial score (nSPS) is 16.1. The Hall–Kier alpha value is -2.81. The molecule has 1 aliphatic rings. The highest BCUT2D eigenvalue weighted by Gasteiger charge is 2.20. The van der Waals surface area contributed by atoms with Crippen molar-refractivity contribution in [3.63, 3.8) is 0 Å². The van der Waals surface area contributed by atoms with Crippen LogP contribution in [0.2, 0.25) is 0 Å². The molecule has 26 heavy (non-hydrogen) atoms. The van der Waals surface area contributed by atoms with Gasteiger partial charge in [0.1, 0.15) is 18.5 Å². The van der Waals surface area contributed by atoms with Gasteiger partial charge in [0.05, 0.1) is 5.69 Å². The fourth-order valence-corrected chi connectivity index (χ4v) is 3.33. The Bertz CT molecular complexity index is 887. The van der Waals surface area contributed by atoms with E-state index in [9.17, 15) is 4.79 Å². The number of aromatic nitrogens is 6. The van der Waals surface area contributed by atoms with E-state index in [1.54, 1.807) is 0 Å². The number of aryl methyl sites for hydroxylation is 1. The molecule has 0 N–H and O–H groups in total. The molecule has 4 heterocycles. The van der Waals surface area contributed by atoms with E-state index < -0.39 is 0 Å². The van der Waals surface area contributed by atoms with E-state index in [1.165, 1.54) is 16.6 Å². The summed E-state index contributed by atoms with van der Waals surface area (Å²) in [6.45, 7) is 6.36. The van der Waals surface area contributed by atoms with Crippen LogP contribution in [0.3, 0.4) is 0 Å². The maximum Gasteiger partial charge on any atom is 0.244 e. The van der Waals surface area contributed by atoms with Crippen LogP contribution in [-0.4, -0.2) is 71.5 Å². The SMILES string of the molecule is Cc1ccc2nc(CN3CCCN(C(=O)Cn4cnnn4)CC3)cn2c1. The van der Waals surface area contributed by atoms with Crippen LogP contribution in [0.5, 0.6) is 0 Å². The molecule has 0 spiro atoms. The number of tetrazole rings is 1. The van der Waals surface area contributed by atoms with Crippen molar-refractivity contribution in [2.45, 2.75) is 26.4 Å². The van der Waals surface area contributed by atoms with Gasteiger partial charge in [0.25, 0.3) is 0 Å². The number of pyridine rings is 1. The predicted molar refractivity (Wildman–Crippen MR) is 94.2 cm³/mol. The average molecular weight is 354 g/mol. The van der Waals surface area contributed by atoms with E-state index in [2.05, 4.69) is 50.2 Å². The molecule has 0 atom stereocenters. The zero-order valence-corrected chi connectivity index (χ0v) is 14.8. The maximum absolute atomic E-state index is 12.4. The van der Waals surface area contributed by atoms with Crippen molar-refractivity contribution < 1.29 is 4.79 Å². The van der Waals surface area contributed by atoms with Crippen molar-refractivity contribution >= 4 is 11.6 Å². The summed E-state index contributed by atoms with van der Waals surface area (Å²) in [6.07, 6.45) is 6.60. The minimum atomic E-state index is 0.0577. The van der Waals surface area contributed by atoms with Crippen LogP contribution >= 0.6 is 0 Å². The Morgan fingerprint density at radius 1 is 1.15 bits per heavy atom. The van der Waals surface area contributed by atoms with Crippen molar-refractivity contribution in [1.82, 2.24) is 39.4 Å². The van der Waals surface area contributed by atoms with Crippen LogP contribution in [0.4, 0.5) is 0 Å². The molecule has 3 aromatic heterocycles. The van der Waals surface area contributed by atoms with Gasteiger partial charge in [-0.25, -0.2) is 9.67 Å². The smallest absolute Gasteiger partial charge is 0.244 e. The highest BCUT2D eigenvalue weighted by molar-refractivity contribution is 5.75. The molecule has 136 valence electrons. The van der Waals surface area contributed by atoms with Gasteiger partial charge in [-0.3, -0.25) is 9.69 Å². The molecule has 1 fully saturated rings. The van der Waals surface area contributed by atoms with Crippen LogP contribution in [0, 0.1) is 6.92 Å². The molecule has 0 aliphatic carbocycles. The first kappa shape index (κ1) is 16.6. The maximum atomic E-state index is 12.4. The predicted octanol–water partition coefficient (Wildman–Crippen LogP) is 0.364. The first-order valence-electron chi connectivity index (χ1n) is 8.82. The minimum Gasteiger partial charge on any atom is -0.340 e. The molecule has 9 nitrogen and oxygen atoms in total. The standard InChI is InChI=1S/C17H22N8O/c1-14-3-4-16-19-15(11-24(16)9-14)10-22-5-2-6-23(8-7-22)17(26)12-25-13-18-20-21-25/h3-4,9,11,13H,2,5-8,10,12H2,1H3. The number of nitrogens with zero attached hydrogens (tertiary/aromatic N) is 8. The third-order valence-corrected chi connectivity index (χ3v) is 4.66. The molecule has 1 saturated heterocycles. The van der Waals surface area contributed by atoms with Gasteiger partial charge in [-0.2, -0.15) is 0 Å². The third-order valence-electron chi connectivity index (χ3n) is 4.66. The topological polar surface area (TPSA) is 84.5 Å². The molecule has 1 amide bonds. The fourth-order valence-electron chi connectivity index (χ4n) is 3.33. The molecule has 1 aliphatic heterocycles. The van der Waals surface area contributed by atoms with Gasteiger partial charge in [0, 0.05) is 45.1 Å². The van der Waals surface area contributed by atoms with Crippen LogP contribution in [0.15, 0.2) is 30.9 Å². The number of carbonyl (C=O) groups is 1. The fraction of sp³-hybridized carbons (Fsp3) is 0.471. The second kappa shape index (κ2) is 7.20. The summed E-state index contributed by atoms with van der Waals surface area (Å²) < 4.78 is 3.54. The lowest BCUT2D eigenvalue weighted by Gasteiger charge is -2.21. The number of hydrogen-bond donors (Lipinski definition) is 0. The monoisotopic (exact) mass is 354 g/mol. The summed E-state index contributed by atoms with van der Waals surface area (Å²) in [5, 5.41) is 10.9.